The van der Waals surface area contributed by atoms with E-state index in [1.165, 1.54) is 17.4 Å². The normalized spacial score (nSPS) is 12.4. The molecule has 176 valence electrons. The molecule has 0 radical (unpaired) electrons. The van der Waals surface area contributed by atoms with Crippen molar-refractivity contribution in [1.82, 2.24) is 4.98 Å². The van der Waals surface area contributed by atoms with Crippen molar-refractivity contribution < 1.29 is 13.9 Å². The maximum Gasteiger partial charge on any atom is 0.184 e. The van der Waals surface area contributed by atoms with Crippen molar-refractivity contribution in [3.8, 4) is 29.4 Å². The highest BCUT2D eigenvalue weighted by Crippen LogP contribution is 2.38. The number of terminal acetylenes is 1. The molecule has 33 heavy (non-hydrogen) atoms. The number of aryl methyl sites for hydroxylation is 3. The predicted molar refractivity (Wildman–Crippen MR) is 138 cm³/mol. The van der Waals surface area contributed by atoms with Gasteiger partial charge in [-0.1, -0.05) is 29.7 Å². The molecular weight excluding hydrogens is 482 g/mol. The molecule has 2 atom stereocenters. The van der Waals surface area contributed by atoms with E-state index in [0.717, 1.165) is 33.0 Å². The Bertz CT molecular complexity index is 1160. The second-order valence-electron chi connectivity index (χ2n) is 7.58. The van der Waals surface area contributed by atoms with Crippen LogP contribution >= 0.6 is 35.3 Å². The van der Waals surface area contributed by atoms with Crippen LogP contribution in [-0.2, 0) is 4.74 Å². The van der Waals surface area contributed by atoms with Crippen molar-refractivity contribution in [1.29, 1.82) is 0 Å². The topological polar surface area (TPSA) is 43.4 Å². The summed E-state index contributed by atoms with van der Waals surface area (Å²) >= 11 is 8.00. The smallest absolute Gasteiger partial charge is 0.184 e. The molecule has 0 bridgehead atoms. The SMILES string of the molecule is C#CC(Nc1nc(-c2cc(C)c(OC)cc2Cl)c(C)s1)C(COC)c1ccc(C)c(F)c1.Cl. The lowest BCUT2D eigenvalue weighted by molar-refractivity contribution is 0.177. The molecule has 1 aromatic heterocycles. The van der Waals surface area contributed by atoms with Crippen LogP contribution in [0.3, 0.4) is 0 Å². The Morgan fingerprint density at radius 3 is 2.52 bits per heavy atom. The molecule has 2 unspecified atom stereocenters. The molecule has 0 saturated heterocycles. The number of ether oxygens (including phenoxy) is 2. The lowest BCUT2D eigenvalue weighted by Gasteiger charge is -2.24. The monoisotopic (exact) mass is 508 g/mol. The number of halogens is 3. The Kier molecular flexibility index (Phi) is 9.57. The Morgan fingerprint density at radius 1 is 1.18 bits per heavy atom. The number of thiazole rings is 1. The highest BCUT2D eigenvalue weighted by molar-refractivity contribution is 7.16. The molecule has 2 aromatic carbocycles. The van der Waals surface area contributed by atoms with Crippen LogP contribution in [0.15, 0.2) is 30.3 Å². The summed E-state index contributed by atoms with van der Waals surface area (Å²) in [5.74, 6) is 2.99. The minimum absolute atomic E-state index is 0. The van der Waals surface area contributed by atoms with E-state index >= 15 is 0 Å². The first-order valence-electron chi connectivity index (χ1n) is 10.1. The average molecular weight is 509 g/mol. The Morgan fingerprint density at radius 2 is 1.91 bits per heavy atom. The molecule has 3 rings (SSSR count). The largest absolute Gasteiger partial charge is 0.496 e. The number of hydrogen-bond donors (Lipinski definition) is 1. The van der Waals surface area contributed by atoms with Gasteiger partial charge in [0.15, 0.2) is 5.13 Å². The third-order valence-electron chi connectivity index (χ3n) is 5.37. The number of benzene rings is 2. The van der Waals surface area contributed by atoms with E-state index in [9.17, 15) is 4.39 Å². The maximum absolute atomic E-state index is 14.2. The Balaban J connectivity index is 0.00000385. The van der Waals surface area contributed by atoms with Crippen LogP contribution < -0.4 is 10.1 Å². The number of anilines is 1. The lowest BCUT2D eigenvalue weighted by Crippen LogP contribution is -2.29. The molecule has 0 spiro atoms. The summed E-state index contributed by atoms with van der Waals surface area (Å²) in [4.78, 5) is 5.76. The van der Waals surface area contributed by atoms with Crippen LogP contribution in [0.5, 0.6) is 5.75 Å². The van der Waals surface area contributed by atoms with Crippen LogP contribution in [0, 0.1) is 38.9 Å². The lowest BCUT2D eigenvalue weighted by atomic mass is 9.91. The minimum Gasteiger partial charge on any atom is -0.496 e. The van der Waals surface area contributed by atoms with E-state index in [1.807, 2.05) is 26.0 Å². The molecule has 0 aliphatic carbocycles. The number of aromatic nitrogens is 1. The fourth-order valence-corrected chi connectivity index (χ4v) is 4.68. The first-order valence-corrected chi connectivity index (χ1v) is 11.3. The van der Waals surface area contributed by atoms with Gasteiger partial charge in [-0.05, 0) is 55.7 Å². The first kappa shape index (κ1) is 26.9. The summed E-state index contributed by atoms with van der Waals surface area (Å²) in [6.45, 7) is 6.02. The summed E-state index contributed by atoms with van der Waals surface area (Å²) < 4.78 is 24.9. The van der Waals surface area contributed by atoms with E-state index < -0.39 is 6.04 Å². The summed E-state index contributed by atoms with van der Waals surface area (Å²) in [6.07, 6.45) is 5.87. The molecule has 0 aliphatic rings. The van der Waals surface area contributed by atoms with Gasteiger partial charge in [-0.25, -0.2) is 9.37 Å². The van der Waals surface area contributed by atoms with E-state index in [0.29, 0.717) is 22.3 Å². The van der Waals surface area contributed by atoms with Gasteiger partial charge in [0.1, 0.15) is 11.6 Å². The highest BCUT2D eigenvalue weighted by atomic mass is 35.5. The number of hydrogen-bond acceptors (Lipinski definition) is 5. The zero-order chi connectivity index (χ0) is 23.4. The maximum atomic E-state index is 14.2. The molecule has 0 amide bonds. The van der Waals surface area contributed by atoms with Gasteiger partial charge in [-0.3, -0.25) is 0 Å². The van der Waals surface area contributed by atoms with Gasteiger partial charge in [0.2, 0.25) is 0 Å². The van der Waals surface area contributed by atoms with Crippen molar-refractivity contribution in [2.24, 2.45) is 0 Å². The molecule has 0 aliphatic heterocycles. The molecule has 1 heterocycles. The zero-order valence-corrected chi connectivity index (χ0v) is 21.6. The van der Waals surface area contributed by atoms with Crippen LogP contribution in [0.25, 0.3) is 11.3 Å². The summed E-state index contributed by atoms with van der Waals surface area (Å²) in [6, 6.07) is 8.47. The van der Waals surface area contributed by atoms with Crippen molar-refractivity contribution in [2.45, 2.75) is 32.7 Å². The van der Waals surface area contributed by atoms with Gasteiger partial charge >= 0.3 is 0 Å². The fraction of sp³-hybridized carbons (Fsp3) is 0.320. The van der Waals surface area contributed by atoms with E-state index in [-0.39, 0.29) is 24.1 Å². The average Bonchev–Trinajstić information content (AvgIpc) is 3.13. The number of rotatable bonds is 8. The van der Waals surface area contributed by atoms with Gasteiger partial charge in [-0.15, -0.1) is 30.2 Å². The molecule has 8 heteroatoms. The van der Waals surface area contributed by atoms with E-state index in [1.54, 1.807) is 33.3 Å². The second kappa shape index (κ2) is 11.7. The number of nitrogens with one attached hydrogen (secondary N) is 1. The van der Waals surface area contributed by atoms with Crippen molar-refractivity contribution in [3.05, 3.63) is 62.7 Å². The molecule has 3 aromatic rings. The Labute approximate surface area is 209 Å². The molecule has 0 saturated carbocycles. The van der Waals surface area contributed by atoms with Crippen LogP contribution in [0.1, 0.15) is 27.5 Å². The Hall–Kier alpha value is -2.30. The predicted octanol–water partition coefficient (Wildman–Crippen LogP) is 6.80. The molecule has 1 N–H and O–H groups in total. The molecule has 0 fully saturated rings. The molecular formula is C25H27Cl2FN2O2S. The van der Waals surface area contributed by atoms with Gasteiger partial charge in [-0.2, -0.15) is 0 Å². The number of nitrogens with zero attached hydrogens (tertiary/aromatic N) is 1. The third kappa shape index (κ3) is 5.99. The van der Waals surface area contributed by atoms with E-state index in [4.69, 9.17) is 32.5 Å². The quantitative estimate of drug-likeness (QED) is 0.339. The first-order chi connectivity index (χ1) is 15.3. The van der Waals surface area contributed by atoms with Crippen LogP contribution in [-0.4, -0.2) is 31.9 Å². The molecule has 4 nitrogen and oxygen atoms in total. The summed E-state index contributed by atoms with van der Waals surface area (Å²) in [5, 5.41) is 4.56. The fourth-order valence-electron chi connectivity index (χ4n) is 3.57. The van der Waals surface area contributed by atoms with Crippen LogP contribution in [0.2, 0.25) is 5.02 Å². The van der Waals surface area contributed by atoms with Crippen molar-refractivity contribution in [2.75, 3.05) is 26.1 Å². The summed E-state index contributed by atoms with van der Waals surface area (Å²) in [7, 11) is 3.22. The van der Waals surface area contributed by atoms with Crippen molar-refractivity contribution >= 4 is 40.5 Å². The van der Waals surface area contributed by atoms with E-state index in [2.05, 4.69) is 11.2 Å². The summed E-state index contributed by atoms with van der Waals surface area (Å²) in [5.41, 5.74) is 3.94. The van der Waals surface area contributed by atoms with Crippen LogP contribution in [0.4, 0.5) is 9.52 Å². The zero-order valence-electron chi connectivity index (χ0n) is 19.2. The number of methoxy groups -OCH3 is 2. The van der Waals surface area contributed by atoms with Gasteiger partial charge in [0, 0.05) is 23.5 Å². The van der Waals surface area contributed by atoms with Gasteiger partial charge in [0.25, 0.3) is 0 Å². The highest BCUT2D eigenvalue weighted by Gasteiger charge is 2.24. The van der Waals surface area contributed by atoms with Gasteiger partial charge < -0.3 is 14.8 Å². The standard InChI is InChI=1S/C25H26ClFN2O2S.ClH/c1-7-22(19(13-30-5)17-9-8-14(2)21(27)11-17)28-25-29-24(16(4)32-25)18-10-15(3)23(31-6)12-20(18)26;/h1,8-12,19,22H,13H2,2-6H3,(H,28,29);1H. The minimum atomic E-state index is -0.441. The second-order valence-corrected chi connectivity index (χ2v) is 9.20. The van der Waals surface area contributed by atoms with Crippen molar-refractivity contribution in [3.63, 3.8) is 0 Å². The van der Waals surface area contributed by atoms with Gasteiger partial charge in [0.05, 0.1) is 30.5 Å². The third-order valence-corrected chi connectivity index (χ3v) is 6.58.